The molecule has 0 spiro atoms. The first kappa shape index (κ1) is 16.9. The van der Waals surface area contributed by atoms with Crippen molar-refractivity contribution >= 4 is 39.7 Å². The van der Waals surface area contributed by atoms with Gasteiger partial charge >= 0.3 is 0 Å². The topological polar surface area (TPSA) is 93.0 Å². The molecule has 2 amide bonds. The van der Waals surface area contributed by atoms with E-state index in [1.165, 1.54) is 17.5 Å². The Hall–Kier alpha value is -2.59. The molecule has 0 saturated carbocycles. The Labute approximate surface area is 157 Å². The summed E-state index contributed by atoms with van der Waals surface area (Å²) in [5.41, 5.74) is 0.573. The van der Waals surface area contributed by atoms with E-state index in [0.717, 1.165) is 29.3 Å². The van der Waals surface area contributed by atoms with E-state index in [4.69, 9.17) is 0 Å². The first-order valence-electron chi connectivity index (χ1n) is 8.11. The second kappa shape index (κ2) is 6.96. The minimum absolute atomic E-state index is 0.00554. The summed E-state index contributed by atoms with van der Waals surface area (Å²) in [4.78, 5) is 28.7. The molecule has 0 aromatic carbocycles. The number of rotatable bonds is 4. The van der Waals surface area contributed by atoms with Gasteiger partial charge in [-0.05, 0) is 31.0 Å². The zero-order valence-electron chi connectivity index (χ0n) is 14.0. The molecule has 1 N–H and O–H groups in total. The summed E-state index contributed by atoms with van der Waals surface area (Å²) in [7, 11) is 1.76. The average molecular weight is 388 g/mol. The molecule has 26 heavy (non-hydrogen) atoms. The van der Waals surface area contributed by atoms with E-state index in [1.807, 2.05) is 11.0 Å². The zero-order valence-corrected chi connectivity index (χ0v) is 15.6. The number of nitrogens with zero attached hydrogens (tertiary/aromatic N) is 5. The fraction of sp³-hybridized carbons (Fsp3) is 0.312. The maximum Gasteiger partial charge on any atom is 0.272 e. The van der Waals surface area contributed by atoms with Gasteiger partial charge in [0.05, 0.1) is 17.1 Å². The number of aryl methyl sites for hydroxylation is 1. The van der Waals surface area contributed by atoms with Crippen molar-refractivity contribution in [3.63, 3.8) is 0 Å². The lowest BCUT2D eigenvalue weighted by molar-refractivity contribution is 0.0726. The van der Waals surface area contributed by atoms with Crippen LogP contribution in [-0.2, 0) is 7.05 Å². The van der Waals surface area contributed by atoms with Gasteiger partial charge in [0.25, 0.3) is 11.8 Å². The summed E-state index contributed by atoms with van der Waals surface area (Å²) < 4.78 is 5.32. The maximum atomic E-state index is 12.8. The molecule has 0 bridgehead atoms. The summed E-state index contributed by atoms with van der Waals surface area (Å²) >= 11 is 2.55. The number of amides is 2. The third-order valence-electron chi connectivity index (χ3n) is 4.33. The SMILES string of the molecule is Cn1nccc1C(=O)N1CCCC1c1ccc(C(=O)Nc2cnns2)s1. The number of likely N-dealkylation sites (tertiary alicyclic amines) is 1. The molecular weight excluding hydrogens is 372 g/mol. The number of hydrogen-bond acceptors (Lipinski definition) is 7. The van der Waals surface area contributed by atoms with Crippen molar-refractivity contribution in [3.05, 3.63) is 46.0 Å². The van der Waals surface area contributed by atoms with E-state index in [1.54, 1.807) is 30.1 Å². The van der Waals surface area contributed by atoms with Crippen LogP contribution in [0.25, 0.3) is 0 Å². The lowest BCUT2D eigenvalue weighted by Gasteiger charge is -2.23. The smallest absolute Gasteiger partial charge is 0.272 e. The van der Waals surface area contributed by atoms with Crippen LogP contribution in [0.5, 0.6) is 0 Å². The standard InChI is InChI=1S/C16H16N6O2S2/c1-21-11(6-7-18-21)16(24)22-8-2-3-10(22)12-4-5-13(25-12)15(23)19-14-9-17-20-26-14/h4-7,9-10H,2-3,8H2,1H3,(H,19,23). The third kappa shape index (κ3) is 3.13. The lowest BCUT2D eigenvalue weighted by Crippen LogP contribution is -2.31. The average Bonchev–Trinajstić information content (AvgIpc) is 3.40. The molecule has 1 fully saturated rings. The molecule has 8 nitrogen and oxygen atoms in total. The van der Waals surface area contributed by atoms with Gasteiger partial charge in [-0.2, -0.15) is 5.10 Å². The van der Waals surface area contributed by atoms with E-state index in [-0.39, 0.29) is 17.9 Å². The Morgan fingerprint density at radius 3 is 2.92 bits per heavy atom. The number of hydrogen-bond donors (Lipinski definition) is 1. The fourth-order valence-electron chi connectivity index (χ4n) is 3.09. The Morgan fingerprint density at radius 1 is 1.31 bits per heavy atom. The molecule has 1 aliphatic heterocycles. The predicted molar refractivity (Wildman–Crippen MR) is 98.4 cm³/mol. The zero-order chi connectivity index (χ0) is 18.1. The normalized spacial score (nSPS) is 16.8. The van der Waals surface area contributed by atoms with Crippen molar-refractivity contribution in [1.29, 1.82) is 0 Å². The highest BCUT2D eigenvalue weighted by Crippen LogP contribution is 2.37. The van der Waals surface area contributed by atoms with Gasteiger partial charge in [0.2, 0.25) is 0 Å². The Bertz CT molecular complexity index is 932. The highest BCUT2D eigenvalue weighted by molar-refractivity contribution is 7.14. The quantitative estimate of drug-likeness (QED) is 0.741. The highest BCUT2D eigenvalue weighted by atomic mass is 32.1. The van der Waals surface area contributed by atoms with Gasteiger partial charge in [-0.15, -0.1) is 16.4 Å². The number of thiophene rings is 1. The molecule has 0 radical (unpaired) electrons. The largest absolute Gasteiger partial charge is 0.329 e. The molecular formula is C16H16N6O2S2. The molecule has 1 atom stereocenters. The first-order chi connectivity index (χ1) is 12.6. The van der Waals surface area contributed by atoms with E-state index in [9.17, 15) is 9.59 Å². The van der Waals surface area contributed by atoms with E-state index >= 15 is 0 Å². The van der Waals surface area contributed by atoms with Crippen molar-refractivity contribution in [3.8, 4) is 0 Å². The van der Waals surface area contributed by atoms with E-state index in [0.29, 0.717) is 22.1 Å². The number of carbonyl (C=O) groups excluding carboxylic acids is 2. The minimum atomic E-state index is -0.185. The van der Waals surface area contributed by atoms with Gasteiger partial charge in [0, 0.05) is 36.2 Å². The molecule has 3 aromatic rings. The summed E-state index contributed by atoms with van der Waals surface area (Å²) in [6, 6.07) is 5.46. The van der Waals surface area contributed by atoms with Crippen LogP contribution < -0.4 is 5.32 Å². The second-order valence-corrected chi connectivity index (χ2v) is 7.84. The number of nitrogens with one attached hydrogen (secondary N) is 1. The molecule has 10 heteroatoms. The number of carbonyl (C=O) groups is 2. The Morgan fingerprint density at radius 2 is 2.19 bits per heavy atom. The van der Waals surface area contributed by atoms with Gasteiger partial charge in [-0.3, -0.25) is 14.3 Å². The van der Waals surface area contributed by atoms with Crippen LogP contribution in [0.15, 0.2) is 30.6 Å². The molecule has 0 aliphatic carbocycles. The summed E-state index contributed by atoms with van der Waals surface area (Å²) in [6.07, 6.45) is 4.98. The van der Waals surface area contributed by atoms with Crippen molar-refractivity contribution in [1.82, 2.24) is 24.3 Å². The Balaban J connectivity index is 1.52. The summed E-state index contributed by atoms with van der Waals surface area (Å²) in [6.45, 7) is 0.709. The van der Waals surface area contributed by atoms with Gasteiger partial charge in [-0.1, -0.05) is 4.49 Å². The van der Waals surface area contributed by atoms with Crippen LogP contribution in [0.3, 0.4) is 0 Å². The molecule has 134 valence electrons. The monoisotopic (exact) mass is 388 g/mol. The summed E-state index contributed by atoms with van der Waals surface area (Å²) in [5, 5.41) is 11.2. The highest BCUT2D eigenvalue weighted by Gasteiger charge is 2.33. The fourth-order valence-corrected chi connectivity index (χ4v) is 4.55. The molecule has 3 aromatic heterocycles. The predicted octanol–water partition coefficient (Wildman–Crippen LogP) is 2.56. The van der Waals surface area contributed by atoms with Gasteiger partial charge < -0.3 is 10.2 Å². The van der Waals surface area contributed by atoms with E-state index < -0.39 is 0 Å². The molecule has 4 heterocycles. The molecule has 1 aliphatic rings. The lowest BCUT2D eigenvalue weighted by atomic mass is 10.2. The molecule has 4 rings (SSSR count). The van der Waals surface area contributed by atoms with Crippen LogP contribution >= 0.6 is 22.9 Å². The summed E-state index contributed by atoms with van der Waals surface area (Å²) in [5.74, 6) is -0.211. The van der Waals surface area contributed by atoms with Crippen molar-refractivity contribution < 1.29 is 9.59 Å². The second-order valence-electron chi connectivity index (χ2n) is 5.93. The molecule has 1 saturated heterocycles. The van der Waals surface area contributed by atoms with Crippen molar-refractivity contribution in [2.75, 3.05) is 11.9 Å². The Kier molecular flexibility index (Phi) is 4.51. The minimum Gasteiger partial charge on any atom is -0.329 e. The van der Waals surface area contributed by atoms with Crippen LogP contribution in [0.2, 0.25) is 0 Å². The van der Waals surface area contributed by atoms with Crippen LogP contribution in [0.1, 0.15) is 43.9 Å². The van der Waals surface area contributed by atoms with Crippen LogP contribution in [-0.4, -0.2) is 42.6 Å². The van der Waals surface area contributed by atoms with Gasteiger partial charge in [-0.25, -0.2) is 0 Å². The first-order valence-corrected chi connectivity index (χ1v) is 9.70. The van der Waals surface area contributed by atoms with Crippen LogP contribution in [0.4, 0.5) is 5.00 Å². The van der Waals surface area contributed by atoms with Gasteiger partial charge in [0.1, 0.15) is 10.7 Å². The molecule has 1 unspecified atom stereocenters. The van der Waals surface area contributed by atoms with E-state index in [2.05, 4.69) is 20.0 Å². The van der Waals surface area contributed by atoms with Crippen molar-refractivity contribution in [2.24, 2.45) is 7.05 Å². The maximum absolute atomic E-state index is 12.8. The van der Waals surface area contributed by atoms with Crippen molar-refractivity contribution in [2.45, 2.75) is 18.9 Å². The van der Waals surface area contributed by atoms with Gasteiger partial charge in [0.15, 0.2) is 0 Å². The number of anilines is 1. The number of aromatic nitrogens is 4. The third-order valence-corrected chi connectivity index (χ3v) is 6.10. The van der Waals surface area contributed by atoms with Crippen LogP contribution in [0, 0.1) is 0 Å².